The Labute approximate surface area is 218 Å². The minimum atomic E-state index is -4.84. The SMILES string of the molecule is CCCCCCCCCCCCOS(=O)(=O)CC(=O)O.O=C(O)CC(C(=O)O)S(=O)(=O)O.[H-].[Na+]. The maximum atomic E-state index is 11.1. The van der Waals surface area contributed by atoms with Crippen molar-refractivity contribution < 1.29 is 86.3 Å². The number of hydrogen-bond acceptors (Lipinski definition) is 8. The van der Waals surface area contributed by atoms with Crippen molar-refractivity contribution in [3.63, 3.8) is 0 Å². The van der Waals surface area contributed by atoms with Crippen molar-refractivity contribution >= 4 is 38.1 Å². The van der Waals surface area contributed by atoms with Crippen molar-refractivity contribution in [2.75, 3.05) is 12.4 Å². The van der Waals surface area contributed by atoms with Gasteiger partial charge in [-0.15, -0.1) is 0 Å². The first-order chi connectivity index (χ1) is 14.7. The van der Waals surface area contributed by atoms with E-state index < -0.39 is 55.6 Å². The van der Waals surface area contributed by atoms with Gasteiger partial charge in [0.15, 0.2) is 11.0 Å². The van der Waals surface area contributed by atoms with E-state index in [9.17, 15) is 31.2 Å². The second-order valence-electron chi connectivity index (χ2n) is 7.04. The van der Waals surface area contributed by atoms with Gasteiger partial charge in [0.1, 0.15) is 0 Å². The molecular weight excluding hydrogens is 495 g/mol. The number of hydrogen-bond donors (Lipinski definition) is 4. The predicted molar refractivity (Wildman–Crippen MR) is 116 cm³/mol. The molecule has 0 bridgehead atoms. The van der Waals surface area contributed by atoms with E-state index >= 15 is 0 Å². The molecule has 0 spiro atoms. The molecule has 0 rings (SSSR count). The summed E-state index contributed by atoms with van der Waals surface area (Å²) in [4.78, 5) is 30.3. The summed E-state index contributed by atoms with van der Waals surface area (Å²) >= 11 is 0. The summed E-state index contributed by atoms with van der Waals surface area (Å²) < 4.78 is 55.5. The van der Waals surface area contributed by atoms with Crippen LogP contribution in [-0.4, -0.2) is 72.2 Å². The molecule has 0 radical (unpaired) electrons. The normalized spacial score (nSPS) is 12.1. The molecule has 0 saturated carbocycles. The van der Waals surface area contributed by atoms with Gasteiger partial charge >= 0.3 is 47.5 Å². The smallest absolute Gasteiger partial charge is 1.00 e. The van der Waals surface area contributed by atoms with Gasteiger partial charge in [-0.3, -0.25) is 23.1 Å². The number of unbranched alkanes of at least 4 members (excludes halogenated alkanes) is 9. The standard InChI is InChI=1S/C14H28O5S.C4H6O7S.Na.H/c1-2-3-4-5-6-7-8-9-10-11-12-19-20(17,18)13-14(15)16;5-3(6)1-2(4(7)8)12(9,10)11;;/h2-13H2,1H3,(H,15,16);2H,1H2,(H,5,6)(H,7,8)(H,9,10,11);;/q;;+1;-1. The zero-order valence-electron chi connectivity index (χ0n) is 20.1. The largest absolute Gasteiger partial charge is 1.00 e. The Bertz CT molecular complexity index is 772. The maximum Gasteiger partial charge on any atom is 1.00 e. The van der Waals surface area contributed by atoms with Crippen molar-refractivity contribution in [2.45, 2.75) is 82.8 Å². The first-order valence-corrected chi connectivity index (χ1v) is 13.3. The molecule has 0 amide bonds. The molecule has 4 N–H and O–H groups in total. The van der Waals surface area contributed by atoms with Crippen molar-refractivity contribution in [3.8, 4) is 0 Å². The molecule has 12 nitrogen and oxygen atoms in total. The fourth-order valence-corrected chi connectivity index (χ4v) is 3.81. The van der Waals surface area contributed by atoms with Gasteiger partial charge in [0.25, 0.3) is 20.2 Å². The summed E-state index contributed by atoms with van der Waals surface area (Å²) in [6.07, 6.45) is 10.4. The second-order valence-corrected chi connectivity index (χ2v) is 10.3. The molecule has 33 heavy (non-hydrogen) atoms. The molecule has 0 aliphatic carbocycles. The monoisotopic (exact) mass is 530 g/mol. The molecule has 0 heterocycles. The average molecular weight is 531 g/mol. The number of carboxylic acid groups (broad SMARTS) is 3. The molecule has 192 valence electrons. The summed E-state index contributed by atoms with van der Waals surface area (Å²) in [6.45, 7) is 2.30. The van der Waals surface area contributed by atoms with Gasteiger partial charge < -0.3 is 16.7 Å². The van der Waals surface area contributed by atoms with Crippen LogP contribution in [-0.2, 0) is 38.8 Å². The van der Waals surface area contributed by atoms with Crippen LogP contribution in [0.15, 0.2) is 0 Å². The Morgan fingerprint density at radius 3 is 1.52 bits per heavy atom. The van der Waals surface area contributed by atoms with Gasteiger partial charge in [0.05, 0.1) is 13.0 Å². The van der Waals surface area contributed by atoms with Gasteiger partial charge in [-0.2, -0.15) is 16.8 Å². The zero-order chi connectivity index (χ0) is 25.2. The van der Waals surface area contributed by atoms with Crippen molar-refractivity contribution in [1.29, 1.82) is 0 Å². The molecular formula is C18H35NaO12S2. The topological polar surface area (TPSA) is 210 Å². The first-order valence-electron chi connectivity index (χ1n) is 10.2. The first kappa shape index (κ1) is 36.8. The Morgan fingerprint density at radius 2 is 1.21 bits per heavy atom. The Balaban J connectivity index is -0.000000279. The minimum Gasteiger partial charge on any atom is -1.00 e. The zero-order valence-corrected chi connectivity index (χ0v) is 22.8. The third kappa shape index (κ3) is 25.7. The third-order valence-corrected chi connectivity index (χ3v) is 6.27. The molecule has 0 aromatic rings. The van der Waals surface area contributed by atoms with Crippen LogP contribution in [0.4, 0.5) is 0 Å². The van der Waals surface area contributed by atoms with E-state index in [2.05, 4.69) is 11.1 Å². The summed E-state index contributed by atoms with van der Waals surface area (Å²) in [5, 5.41) is 22.3. The fourth-order valence-electron chi connectivity index (χ4n) is 2.45. The van der Waals surface area contributed by atoms with Crippen LogP contribution >= 0.6 is 0 Å². The number of rotatable bonds is 18. The quantitative estimate of drug-likeness (QED) is 0.0747. The van der Waals surface area contributed by atoms with Crippen LogP contribution in [0.5, 0.6) is 0 Å². The summed E-state index contributed by atoms with van der Waals surface area (Å²) in [5.41, 5.74) is 0. The van der Waals surface area contributed by atoms with Crippen molar-refractivity contribution in [1.82, 2.24) is 0 Å². The van der Waals surface area contributed by atoms with Gasteiger partial charge in [0, 0.05) is 0 Å². The Hall–Kier alpha value is -0.770. The van der Waals surface area contributed by atoms with Crippen molar-refractivity contribution in [2.24, 2.45) is 0 Å². The molecule has 1 atom stereocenters. The molecule has 1 unspecified atom stereocenters. The maximum absolute atomic E-state index is 11.1. The summed E-state index contributed by atoms with van der Waals surface area (Å²) in [7, 11) is -8.73. The molecule has 0 aliphatic heterocycles. The second kappa shape index (κ2) is 20.6. The molecule has 0 aliphatic rings. The van der Waals surface area contributed by atoms with Gasteiger partial charge in [-0.1, -0.05) is 64.7 Å². The minimum absolute atomic E-state index is 0. The van der Waals surface area contributed by atoms with Crippen LogP contribution in [0.2, 0.25) is 0 Å². The van der Waals surface area contributed by atoms with E-state index in [4.69, 9.17) is 19.9 Å². The van der Waals surface area contributed by atoms with E-state index in [-0.39, 0.29) is 37.6 Å². The van der Waals surface area contributed by atoms with Crippen LogP contribution < -0.4 is 29.6 Å². The van der Waals surface area contributed by atoms with Gasteiger partial charge in [0.2, 0.25) is 0 Å². The summed E-state index contributed by atoms with van der Waals surface area (Å²) in [6, 6.07) is 0. The fraction of sp³-hybridized carbons (Fsp3) is 0.833. The number of carbonyl (C=O) groups is 3. The molecule has 0 aromatic heterocycles. The molecule has 0 saturated heterocycles. The van der Waals surface area contributed by atoms with Crippen LogP contribution in [0, 0.1) is 0 Å². The van der Waals surface area contributed by atoms with E-state index in [1.54, 1.807) is 0 Å². The van der Waals surface area contributed by atoms with Crippen LogP contribution in [0.3, 0.4) is 0 Å². The third-order valence-electron chi connectivity index (χ3n) is 4.06. The number of carboxylic acids is 3. The Kier molecular flexibility index (Phi) is 23.0. The van der Waals surface area contributed by atoms with Gasteiger partial charge in [-0.05, 0) is 6.42 Å². The van der Waals surface area contributed by atoms with E-state index in [0.29, 0.717) is 6.42 Å². The Morgan fingerprint density at radius 1 is 0.788 bits per heavy atom. The van der Waals surface area contributed by atoms with Crippen LogP contribution in [0.25, 0.3) is 0 Å². The van der Waals surface area contributed by atoms with Crippen LogP contribution in [0.1, 0.15) is 79.0 Å². The molecule has 15 heteroatoms. The molecule has 0 fully saturated rings. The predicted octanol–water partition coefficient (Wildman–Crippen LogP) is -0.743. The number of aliphatic carboxylic acids is 3. The van der Waals surface area contributed by atoms with E-state index in [1.165, 1.54) is 44.9 Å². The van der Waals surface area contributed by atoms with E-state index in [0.717, 1.165) is 12.8 Å². The van der Waals surface area contributed by atoms with E-state index in [1.807, 2.05) is 0 Å². The summed E-state index contributed by atoms with van der Waals surface area (Å²) in [5.74, 6) is -5.84. The van der Waals surface area contributed by atoms with Gasteiger partial charge in [-0.25, -0.2) is 0 Å². The average Bonchev–Trinajstić information content (AvgIpc) is 2.62. The molecule has 0 aromatic carbocycles. The van der Waals surface area contributed by atoms with Crippen molar-refractivity contribution in [3.05, 3.63) is 0 Å².